The van der Waals surface area contributed by atoms with Crippen molar-refractivity contribution in [3.8, 4) is 11.3 Å². The van der Waals surface area contributed by atoms with E-state index in [0.717, 1.165) is 17.5 Å². The van der Waals surface area contributed by atoms with E-state index in [4.69, 9.17) is 0 Å². The van der Waals surface area contributed by atoms with Crippen molar-refractivity contribution in [2.24, 2.45) is 0 Å². The average molecular weight is 242 g/mol. The molecule has 0 aliphatic heterocycles. The number of aryl methyl sites for hydroxylation is 2. The summed E-state index contributed by atoms with van der Waals surface area (Å²) in [6.07, 6.45) is 2.68. The quantitative estimate of drug-likeness (QED) is 0.771. The number of carbonyl (C=O) groups is 1. The maximum absolute atomic E-state index is 11.2. The Morgan fingerprint density at radius 3 is 2.28 bits per heavy atom. The molecule has 3 heteroatoms. The van der Waals surface area contributed by atoms with Gasteiger partial charge >= 0.3 is 0 Å². The highest BCUT2D eigenvalue weighted by molar-refractivity contribution is 5.85. The molecule has 0 fully saturated rings. The Hall–Kier alpha value is -1.90. The number of rotatable bonds is 3. The van der Waals surface area contributed by atoms with Crippen LogP contribution in [0.25, 0.3) is 11.3 Å². The van der Waals surface area contributed by atoms with Crippen LogP contribution in [-0.2, 0) is 0 Å². The molecule has 0 saturated carbocycles. The van der Waals surface area contributed by atoms with Crippen molar-refractivity contribution in [2.45, 2.75) is 33.7 Å². The molecule has 1 heterocycles. The summed E-state index contributed by atoms with van der Waals surface area (Å²) >= 11 is 0. The molecule has 1 aromatic heterocycles. The molecule has 0 bridgehead atoms. The zero-order chi connectivity index (χ0) is 13.3. The van der Waals surface area contributed by atoms with Gasteiger partial charge in [-0.05, 0) is 39.8 Å². The van der Waals surface area contributed by atoms with Crippen LogP contribution in [-0.4, -0.2) is 16.1 Å². The summed E-state index contributed by atoms with van der Waals surface area (Å²) < 4.78 is 1.83. The summed E-state index contributed by atoms with van der Waals surface area (Å²) in [6, 6.07) is 6.49. The van der Waals surface area contributed by atoms with Gasteiger partial charge in [0.1, 0.15) is 5.69 Å². The van der Waals surface area contributed by atoms with E-state index in [0.29, 0.717) is 5.56 Å². The number of hydrogen-bond donors (Lipinski definition) is 0. The van der Waals surface area contributed by atoms with Gasteiger partial charge < -0.3 is 0 Å². The van der Waals surface area contributed by atoms with E-state index in [1.807, 2.05) is 24.7 Å². The minimum atomic E-state index is 0.253. The molecule has 0 radical (unpaired) electrons. The lowest BCUT2D eigenvalue weighted by atomic mass is 10.0. The van der Waals surface area contributed by atoms with Gasteiger partial charge in [-0.25, -0.2) is 0 Å². The first-order valence-electron chi connectivity index (χ1n) is 6.14. The van der Waals surface area contributed by atoms with Crippen LogP contribution in [0.3, 0.4) is 0 Å². The van der Waals surface area contributed by atoms with E-state index in [1.54, 1.807) is 0 Å². The van der Waals surface area contributed by atoms with Crippen molar-refractivity contribution in [3.63, 3.8) is 0 Å². The highest BCUT2D eigenvalue weighted by Crippen LogP contribution is 2.24. The Morgan fingerprint density at radius 1 is 1.17 bits per heavy atom. The molecule has 0 atom stereocenters. The summed E-state index contributed by atoms with van der Waals surface area (Å²) in [4.78, 5) is 11.2. The highest BCUT2D eigenvalue weighted by atomic mass is 16.1. The minimum absolute atomic E-state index is 0.253. The molecule has 2 aromatic rings. The molecule has 0 unspecified atom stereocenters. The van der Waals surface area contributed by atoms with Gasteiger partial charge in [-0.1, -0.05) is 17.2 Å². The molecule has 2 rings (SSSR count). The minimum Gasteiger partial charge on any atom is -0.298 e. The second-order valence-electron chi connectivity index (χ2n) is 5.00. The maximum atomic E-state index is 11.2. The highest BCUT2D eigenvalue weighted by Gasteiger charge is 2.12. The van der Waals surface area contributed by atoms with Gasteiger partial charge in [0.05, 0.1) is 5.56 Å². The smallest absolute Gasteiger partial charge is 0.153 e. The van der Waals surface area contributed by atoms with Crippen molar-refractivity contribution in [2.75, 3.05) is 0 Å². The normalized spacial score (nSPS) is 10.9. The molecule has 94 valence electrons. The molecule has 0 spiro atoms. The van der Waals surface area contributed by atoms with E-state index < -0.39 is 0 Å². The first-order chi connectivity index (χ1) is 8.51. The van der Waals surface area contributed by atoms with E-state index in [9.17, 15) is 4.79 Å². The SMILES string of the molecule is Cc1cc(C)cc(-c2nn(C(C)C)cc2C=O)c1. The molecule has 0 aliphatic carbocycles. The zero-order valence-electron chi connectivity index (χ0n) is 11.3. The number of benzene rings is 1. The van der Waals surface area contributed by atoms with Gasteiger partial charge in [0.15, 0.2) is 6.29 Å². The molecule has 0 N–H and O–H groups in total. The topological polar surface area (TPSA) is 34.9 Å². The Bertz CT molecular complexity index is 562. The van der Waals surface area contributed by atoms with Gasteiger partial charge in [0, 0.05) is 17.8 Å². The summed E-state index contributed by atoms with van der Waals surface area (Å²) in [5.41, 5.74) is 4.79. The predicted molar refractivity (Wildman–Crippen MR) is 72.9 cm³/mol. The summed E-state index contributed by atoms with van der Waals surface area (Å²) in [5, 5.41) is 4.52. The van der Waals surface area contributed by atoms with Crippen molar-refractivity contribution >= 4 is 6.29 Å². The second kappa shape index (κ2) is 4.77. The number of hydrogen-bond acceptors (Lipinski definition) is 2. The molecular weight excluding hydrogens is 224 g/mol. The van der Waals surface area contributed by atoms with Crippen LogP contribution in [0.1, 0.15) is 41.4 Å². The van der Waals surface area contributed by atoms with Crippen LogP contribution in [0, 0.1) is 13.8 Å². The molecule has 1 aromatic carbocycles. The first kappa shape index (κ1) is 12.6. The molecule has 18 heavy (non-hydrogen) atoms. The standard InChI is InChI=1S/C15H18N2O/c1-10(2)17-8-14(9-18)15(16-17)13-6-11(3)5-12(4)7-13/h5-10H,1-4H3. The number of aromatic nitrogens is 2. The fourth-order valence-electron chi connectivity index (χ4n) is 2.09. The summed E-state index contributed by atoms with van der Waals surface area (Å²) in [6.45, 7) is 8.20. The van der Waals surface area contributed by atoms with E-state index >= 15 is 0 Å². The predicted octanol–water partition coefficient (Wildman–Crippen LogP) is 3.56. The van der Waals surface area contributed by atoms with Gasteiger partial charge in [-0.15, -0.1) is 0 Å². The largest absolute Gasteiger partial charge is 0.298 e. The lowest BCUT2D eigenvalue weighted by Gasteiger charge is -2.05. The molecule has 0 saturated heterocycles. The zero-order valence-corrected chi connectivity index (χ0v) is 11.3. The van der Waals surface area contributed by atoms with E-state index in [2.05, 4.69) is 37.1 Å². The summed E-state index contributed by atoms with van der Waals surface area (Å²) in [5.74, 6) is 0. The van der Waals surface area contributed by atoms with Crippen LogP contribution in [0.5, 0.6) is 0 Å². The Kier molecular flexibility index (Phi) is 3.32. The Balaban J connectivity index is 2.58. The van der Waals surface area contributed by atoms with Crippen molar-refractivity contribution < 1.29 is 4.79 Å². The fourth-order valence-corrected chi connectivity index (χ4v) is 2.09. The van der Waals surface area contributed by atoms with E-state index in [-0.39, 0.29) is 6.04 Å². The van der Waals surface area contributed by atoms with Crippen LogP contribution < -0.4 is 0 Å². The Morgan fingerprint density at radius 2 is 1.78 bits per heavy atom. The Labute approximate surface area is 107 Å². The monoisotopic (exact) mass is 242 g/mol. The number of carbonyl (C=O) groups excluding carboxylic acids is 1. The van der Waals surface area contributed by atoms with Crippen LogP contribution in [0.4, 0.5) is 0 Å². The lowest BCUT2D eigenvalue weighted by molar-refractivity contribution is 0.112. The molecule has 3 nitrogen and oxygen atoms in total. The number of aldehydes is 1. The molecular formula is C15H18N2O. The van der Waals surface area contributed by atoms with Gasteiger partial charge in [-0.3, -0.25) is 9.48 Å². The first-order valence-corrected chi connectivity index (χ1v) is 6.14. The fraction of sp³-hybridized carbons (Fsp3) is 0.333. The second-order valence-corrected chi connectivity index (χ2v) is 5.00. The van der Waals surface area contributed by atoms with Gasteiger partial charge in [0.2, 0.25) is 0 Å². The van der Waals surface area contributed by atoms with Crippen molar-refractivity contribution in [3.05, 3.63) is 41.1 Å². The molecule has 0 amide bonds. The van der Waals surface area contributed by atoms with Crippen LogP contribution in [0.2, 0.25) is 0 Å². The van der Waals surface area contributed by atoms with Gasteiger partial charge in [0.25, 0.3) is 0 Å². The third-order valence-corrected chi connectivity index (χ3v) is 2.91. The third-order valence-electron chi connectivity index (χ3n) is 2.91. The summed E-state index contributed by atoms with van der Waals surface area (Å²) in [7, 11) is 0. The average Bonchev–Trinajstić information content (AvgIpc) is 2.71. The number of nitrogens with zero attached hydrogens (tertiary/aromatic N) is 2. The van der Waals surface area contributed by atoms with Crippen LogP contribution in [0.15, 0.2) is 24.4 Å². The van der Waals surface area contributed by atoms with Crippen molar-refractivity contribution in [1.82, 2.24) is 9.78 Å². The third kappa shape index (κ3) is 2.35. The van der Waals surface area contributed by atoms with Crippen molar-refractivity contribution in [1.29, 1.82) is 0 Å². The van der Waals surface area contributed by atoms with Gasteiger partial charge in [-0.2, -0.15) is 5.10 Å². The van der Waals surface area contributed by atoms with E-state index in [1.165, 1.54) is 11.1 Å². The van der Waals surface area contributed by atoms with Crippen LogP contribution >= 0.6 is 0 Å². The maximum Gasteiger partial charge on any atom is 0.153 e. The lowest BCUT2D eigenvalue weighted by Crippen LogP contribution is -2.00. The molecule has 0 aliphatic rings.